The van der Waals surface area contributed by atoms with Crippen molar-refractivity contribution < 1.29 is 4.79 Å². The number of carbonyl (C=O) groups is 1. The summed E-state index contributed by atoms with van der Waals surface area (Å²) in [6.07, 6.45) is 7.72. The van der Waals surface area contributed by atoms with Crippen molar-refractivity contribution in [2.75, 3.05) is 31.1 Å². The number of aryl methyl sites for hydroxylation is 2. The average Bonchev–Trinajstić information content (AvgIpc) is 3.14. The van der Waals surface area contributed by atoms with E-state index in [-0.39, 0.29) is 5.41 Å². The van der Waals surface area contributed by atoms with Crippen LogP contribution in [0.4, 0.5) is 5.13 Å². The molecular weight excluding hydrogens is 378 g/mol. The first-order chi connectivity index (χ1) is 14.0. The number of rotatable bonds is 2. The molecule has 29 heavy (non-hydrogen) atoms. The van der Waals surface area contributed by atoms with Crippen LogP contribution in [0.5, 0.6) is 0 Å². The minimum absolute atomic E-state index is 0.00141. The number of fused-ring (bicyclic) bond motifs is 1. The van der Waals surface area contributed by atoms with E-state index in [1.165, 1.54) is 54.4 Å². The molecule has 154 valence electrons. The number of piperazine rings is 1. The van der Waals surface area contributed by atoms with E-state index in [2.05, 4.69) is 35.8 Å². The second-order valence-corrected chi connectivity index (χ2v) is 11.3. The van der Waals surface area contributed by atoms with Crippen LogP contribution in [0.3, 0.4) is 0 Å². The smallest absolute Gasteiger partial charge is 0.228 e. The first-order valence-electron chi connectivity index (χ1n) is 11.4. The molecule has 2 heterocycles. The van der Waals surface area contributed by atoms with Crippen LogP contribution in [-0.4, -0.2) is 42.0 Å². The third-order valence-electron chi connectivity index (χ3n) is 8.40. The minimum Gasteiger partial charge on any atom is -0.345 e. The standard InChI is InChI=1S/C24H31N3OS/c1-15-3-4-20-21(16(15)2)25-23(29-20)27-7-5-26(6-8-27)22(28)24-12-17-9-18(13-24)11-19(10-17)14-24/h3-4,17-19H,5-14H2,1-2H3. The average molecular weight is 410 g/mol. The Kier molecular flexibility index (Phi) is 4.03. The lowest BCUT2D eigenvalue weighted by Crippen LogP contribution is -2.58. The van der Waals surface area contributed by atoms with Crippen molar-refractivity contribution in [2.24, 2.45) is 23.2 Å². The molecule has 5 fully saturated rings. The number of amides is 1. The summed E-state index contributed by atoms with van der Waals surface area (Å²) in [5, 5.41) is 1.12. The van der Waals surface area contributed by atoms with Gasteiger partial charge in [0.15, 0.2) is 5.13 Å². The molecule has 4 aliphatic carbocycles. The highest BCUT2D eigenvalue weighted by atomic mass is 32.1. The van der Waals surface area contributed by atoms with Gasteiger partial charge >= 0.3 is 0 Å². The Morgan fingerprint density at radius 3 is 2.24 bits per heavy atom. The highest BCUT2D eigenvalue weighted by molar-refractivity contribution is 7.22. The second kappa shape index (κ2) is 6.44. The van der Waals surface area contributed by atoms with Gasteiger partial charge in [-0.3, -0.25) is 4.79 Å². The molecule has 1 saturated heterocycles. The summed E-state index contributed by atoms with van der Waals surface area (Å²) < 4.78 is 1.27. The molecule has 4 saturated carbocycles. The lowest BCUT2D eigenvalue weighted by atomic mass is 9.49. The van der Waals surface area contributed by atoms with Crippen LogP contribution in [0.25, 0.3) is 10.2 Å². The van der Waals surface area contributed by atoms with Gasteiger partial charge in [-0.25, -0.2) is 4.98 Å². The Bertz CT molecular complexity index is 937. The van der Waals surface area contributed by atoms with Crippen LogP contribution in [0.15, 0.2) is 12.1 Å². The van der Waals surface area contributed by atoms with Gasteiger partial charge in [-0.05, 0) is 87.3 Å². The maximum atomic E-state index is 13.6. The first-order valence-corrected chi connectivity index (χ1v) is 12.2. The summed E-state index contributed by atoms with van der Waals surface area (Å²) in [4.78, 5) is 23.2. The predicted octanol–water partition coefficient (Wildman–Crippen LogP) is 4.78. The summed E-state index contributed by atoms with van der Waals surface area (Å²) in [6, 6.07) is 4.40. The van der Waals surface area contributed by atoms with Crippen molar-refractivity contribution in [1.29, 1.82) is 0 Å². The molecule has 0 N–H and O–H groups in total. The lowest BCUT2D eigenvalue weighted by Gasteiger charge is -2.57. The van der Waals surface area contributed by atoms with Gasteiger partial charge < -0.3 is 9.80 Å². The summed E-state index contributed by atoms with van der Waals surface area (Å²) in [7, 11) is 0. The molecule has 4 nitrogen and oxygen atoms in total. The first kappa shape index (κ1) is 18.2. The van der Waals surface area contributed by atoms with Crippen molar-refractivity contribution in [3.8, 4) is 0 Å². The zero-order valence-corrected chi connectivity index (χ0v) is 18.4. The molecule has 1 amide bonds. The van der Waals surface area contributed by atoms with Crippen molar-refractivity contribution in [3.63, 3.8) is 0 Å². The van der Waals surface area contributed by atoms with E-state index in [9.17, 15) is 4.79 Å². The van der Waals surface area contributed by atoms with E-state index in [0.29, 0.717) is 5.91 Å². The largest absolute Gasteiger partial charge is 0.345 e. The highest BCUT2D eigenvalue weighted by Crippen LogP contribution is 2.60. The predicted molar refractivity (Wildman–Crippen MR) is 118 cm³/mol. The Morgan fingerprint density at radius 2 is 1.62 bits per heavy atom. The van der Waals surface area contributed by atoms with Gasteiger partial charge in [0.05, 0.1) is 15.6 Å². The van der Waals surface area contributed by atoms with Crippen LogP contribution in [-0.2, 0) is 4.79 Å². The number of hydrogen-bond donors (Lipinski definition) is 0. The van der Waals surface area contributed by atoms with Crippen LogP contribution < -0.4 is 4.90 Å². The van der Waals surface area contributed by atoms with Gasteiger partial charge in [-0.2, -0.15) is 0 Å². The number of hydrogen-bond acceptors (Lipinski definition) is 4. The molecule has 0 spiro atoms. The van der Waals surface area contributed by atoms with Crippen molar-refractivity contribution in [2.45, 2.75) is 52.4 Å². The number of anilines is 1. The maximum Gasteiger partial charge on any atom is 0.228 e. The molecular formula is C24H31N3OS. The molecule has 0 radical (unpaired) electrons. The Balaban J connectivity index is 1.17. The molecule has 4 bridgehead atoms. The summed E-state index contributed by atoms with van der Waals surface area (Å²) >= 11 is 1.79. The zero-order chi connectivity index (χ0) is 19.8. The minimum atomic E-state index is 0.00141. The molecule has 2 aromatic rings. The monoisotopic (exact) mass is 409 g/mol. The number of thiazole rings is 1. The van der Waals surface area contributed by atoms with Gasteiger partial charge in [0, 0.05) is 26.2 Å². The second-order valence-electron chi connectivity index (χ2n) is 10.3. The molecule has 7 rings (SSSR count). The highest BCUT2D eigenvalue weighted by Gasteiger charge is 2.55. The fourth-order valence-corrected chi connectivity index (χ4v) is 8.24. The molecule has 1 aromatic carbocycles. The van der Waals surface area contributed by atoms with Crippen molar-refractivity contribution in [1.82, 2.24) is 9.88 Å². The number of aromatic nitrogens is 1. The zero-order valence-electron chi connectivity index (χ0n) is 17.6. The third kappa shape index (κ3) is 2.83. The van der Waals surface area contributed by atoms with E-state index in [4.69, 9.17) is 4.98 Å². The lowest BCUT2D eigenvalue weighted by molar-refractivity contribution is -0.158. The Labute approximate surface area is 177 Å². The summed E-state index contributed by atoms with van der Waals surface area (Å²) in [5.41, 5.74) is 3.75. The van der Waals surface area contributed by atoms with Gasteiger partial charge in [-0.15, -0.1) is 0 Å². The summed E-state index contributed by atoms with van der Waals surface area (Å²) in [5.74, 6) is 3.00. The van der Waals surface area contributed by atoms with Crippen molar-refractivity contribution >= 4 is 32.6 Å². The number of benzene rings is 1. The van der Waals surface area contributed by atoms with Gasteiger partial charge in [0.1, 0.15) is 0 Å². The van der Waals surface area contributed by atoms with Crippen LogP contribution in [0.1, 0.15) is 49.7 Å². The molecule has 0 atom stereocenters. The molecule has 5 aliphatic rings. The van der Waals surface area contributed by atoms with E-state index in [1.54, 1.807) is 11.3 Å². The van der Waals surface area contributed by atoms with Crippen LogP contribution in [0.2, 0.25) is 0 Å². The fourth-order valence-electron chi connectivity index (χ4n) is 7.16. The van der Waals surface area contributed by atoms with Gasteiger partial charge in [0.25, 0.3) is 0 Å². The van der Waals surface area contributed by atoms with E-state index in [1.807, 2.05) is 0 Å². The van der Waals surface area contributed by atoms with E-state index < -0.39 is 0 Å². The molecule has 1 aromatic heterocycles. The molecule has 1 aliphatic heterocycles. The third-order valence-corrected chi connectivity index (χ3v) is 9.48. The summed E-state index contributed by atoms with van der Waals surface area (Å²) in [6.45, 7) is 7.86. The quantitative estimate of drug-likeness (QED) is 0.716. The van der Waals surface area contributed by atoms with E-state index >= 15 is 0 Å². The fraction of sp³-hybridized carbons (Fsp3) is 0.667. The van der Waals surface area contributed by atoms with Gasteiger partial charge in [-0.1, -0.05) is 17.4 Å². The SMILES string of the molecule is Cc1ccc2sc(N3CCN(C(=O)C45CC6CC(CC(C6)C4)C5)CC3)nc2c1C. The van der Waals surface area contributed by atoms with Crippen molar-refractivity contribution in [3.05, 3.63) is 23.3 Å². The Hall–Kier alpha value is -1.62. The van der Waals surface area contributed by atoms with Gasteiger partial charge in [0.2, 0.25) is 5.91 Å². The topological polar surface area (TPSA) is 36.4 Å². The maximum absolute atomic E-state index is 13.6. The number of nitrogens with zero attached hydrogens (tertiary/aromatic N) is 3. The molecule has 0 unspecified atom stereocenters. The van der Waals surface area contributed by atoms with Crippen LogP contribution in [0, 0.1) is 37.0 Å². The van der Waals surface area contributed by atoms with E-state index in [0.717, 1.165) is 54.6 Å². The number of carbonyl (C=O) groups excluding carboxylic acids is 1. The normalized spacial score (nSPS) is 33.7. The van der Waals surface area contributed by atoms with Crippen LogP contribution >= 0.6 is 11.3 Å². The Morgan fingerprint density at radius 1 is 1.00 bits per heavy atom. The molecule has 5 heteroatoms.